The number of phenolic OH excluding ortho intramolecular Hbond substituents is 1. The maximum absolute atomic E-state index is 12.5. The van der Waals surface area contributed by atoms with E-state index in [0.29, 0.717) is 10.7 Å². The number of aliphatic hydroxyl groups excluding tert-OH is 1. The zero-order chi connectivity index (χ0) is 29.1. The number of hydrogen-bond acceptors (Lipinski definition) is 7. The third-order valence-corrected chi connectivity index (χ3v) is 9.52. The highest BCUT2D eigenvalue weighted by Gasteiger charge is 2.57. The molecule has 0 radical (unpaired) electrons. The van der Waals surface area contributed by atoms with Crippen molar-refractivity contribution in [1.82, 2.24) is 10.2 Å². The van der Waals surface area contributed by atoms with E-state index >= 15 is 0 Å². The summed E-state index contributed by atoms with van der Waals surface area (Å²) in [6.45, 7) is 12.4. The van der Waals surface area contributed by atoms with Gasteiger partial charge in [0.1, 0.15) is 29.3 Å². The number of β-lactam (4-membered cyclic amide) rings is 1. The van der Waals surface area contributed by atoms with Crippen LogP contribution in [0.1, 0.15) is 76.8 Å². The van der Waals surface area contributed by atoms with E-state index in [4.69, 9.17) is 4.74 Å². The molecule has 218 valence electrons. The second-order valence-corrected chi connectivity index (χ2v) is 12.5. The Morgan fingerprint density at radius 1 is 1.32 bits per heavy atom. The Hall–Kier alpha value is -2.75. The molecule has 8 nitrogen and oxygen atoms in total. The SMILES string of the molecule is C=C(C)[C@@H]1CCC(C)=C[C@H]1c1c(O)cc(CCCCC)cc1OCNCC1=C(C(=O)O)N2C(=O)[C@H]([C@@H](C)O)C2S1. The third kappa shape index (κ3) is 6.11. The van der Waals surface area contributed by atoms with Gasteiger partial charge in [0.2, 0.25) is 5.91 Å². The van der Waals surface area contributed by atoms with Crippen molar-refractivity contribution in [1.29, 1.82) is 0 Å². The number of carbonyl (C=O) groups is 2. The number of amides is 1. The number of aliphatic carboxylic acids is 1. The van der Waals surface area contributed by atoms with E-state index in [1.54, 1.807) is 6.92 Å². The molecular formula is C31H42N2O6S. The molecule has 1 aromatic carbocycles. The van der Waals surface area contributed by atoms with Gasteiger partial charge in [0.15, 0.2) is 0 Å². The zero-order valence-corrected chi connectivity index (χ0v) is 24.7. The molecule has 9 heteroatoms. The van der Waals surface area contributed by atoms with Crippen LogP contribution in [0.5, 0.6) is 11.5 Å². The van der Waals surface area contributed by atoms with E-state index in [9.17, 15) is 24.9 Å². The molecule has 2 heterocycles. The van der Waals surface area contributed by atoms with E-state index in [2.05, 4.69) is 31.8 Å². The van der Waals surface area contributed by atoms with Crippen molar-refractivity contribution in [2.75, 3.05) is 13.3 Å². The van der Waals surface area contributed by atoms with Crippen LogP contribution in [0.4, 0.5) is 0 Å². The number of thioether (sulfide) groups is 1. The predicted molar refractivity (Wildman–Crippen MR) is 157 cm³/mol. The maximum atomic E-state index is 12.5. The lowest BCUT2D eigenvalue weighted by Gasteiger charge is -2.43. The molecule has 4 N–H and O–H groups in total. The van der Waals surface area contributed by atoms with Gasteiger partial charge in [-0.25, -0.2) is 4.79 Å². The van der Waals surface area contributed by atoms with Gasteiger partial charge in [0, 0.05) is 22.9 Å². The van der Waals surface area contributed by atoms with Gasteiger partial charge in [-0.1, -0.05) is 43.6 Å². The summed E-state index contributed by atoms with van der Waals surface area (Å²) < 4.78 is 6.26. The average molecular weight is 571 g/mol. The lowest BCUT2D eigenvalue weighted by Crippen LogP contribution is -2.60. The highest BCUT2D eigenvalue weighted by molar-refractivity contribution is 8.04. The number of unbranched alkanes of at least 4 members (excludes halogenated alkanes) is 2. The molecule has 2 aliphatic heterocycles. The molecule has 1 aliphatic carbocycles. The molecule has 0 bridgehead atoms. The summed E-state index contributed by atoms with van der Waals surface area (Å²) in [5, 5.41) is 33.8. The largest absolute Gasteiger partial charge is 0.507 e. The number of aryl methyl sites for hydroxylation is 1. The minimum Gasteiger partial charge on any atom is -0.507 e. The first-order valence-corrected chi connectivity index (χ1v) is 15.1. The van der Waals surface area contributed by atoms with Crippen LogP contribution < -0.4 is 10.1 Å². The molecule has 4 rings (SSSR count). The van der Waals surface area contributed by atoms with E-state index in [0.717, 1.165) is 55.2 Å². The summed E-state index contributed by atoms with van der Waals surface area (Å²) in [5.74, 6) is -1.16. The van der Waals surface area contributed by atoms with Crippen molar-refractivity contribution in [3.05, 3.63) is 57.7 Å². The zero-order valence-electron chi connectivity index (χ0n) is 23.9. The summed E-state index contributed by atoms with van der Waals surface area (Å²) in [7, 11) is 0. The molecule has 5 atom stereocenters. The van der Waals surface area contributed by atoms with Gasteiger partial charge >= 0.3 is 5.97 Å². The minimum absolute atomic E-state index is 0.0345. The molecule has 1 saturated heterocycles. The first-order chi connectivity index (χ1) is 19.0. The van der Waals surface area contributed by atoms with Crippen molar-refractivity contribution < 1.29 is 29.6 Å². The van der Waals surface area contributed by atoms with Crippen molar-refractivity contribution in [3.8, 4) is 11.5 Å². The minimum atomic E-state index is -1.16. The number of nitrogens with zero attached hydrogens (tertiary/aromatic N) is 1. The summed E-state index contributed by atoms with van der Waals surface area (Å²) in [6.07, 6.45) is 7.42. The van der Waals surface area contributed by atoms with Gasteiger partial charge in [-0.2, -0.15) is 0 Å². The number of benzene rings is 1. The summed E-state index contributed by atoms with van der Waals surface area (Å²) in [6, 6.07) is 3.88. The van der Waals surface area contributed by atoms with Crippen LogP contribution >= 0.6 is 11.8 Å². The first-order valence-electron chi connectivity index (χ1n) is 14.2. The number of aliphatic hydroxyl groups is 1. The molecule has 40 heavy (non-hydrogen) atoms. The number of aromatic hydroxyl groups is 1. The van der Waals surface area contributed by atoms with E-state index in [-0.39, 0.29) is 42.5 Å². The highest BCUT2D eigenvalue weighted by Crippen LogP contribution is 2.50. The number of hydrogen-bond donors (Lipinski definition) is 4. The van der Waals surface area contributed by atoms with Gasteiger partial charge in [0.05, 0.1) is 12.0 Å². The van der Waals surface area contributed by atoms with Crippen molar-refractivity contribution in [3.63, 3.8) is 0 Å². The van der Waals surface area contributed by atoms with Crippen molar-refractivity contribution in [2.24, 2.45) is 11.8 Å². The second kappa shape index (κ2) is 12.8. The molecular weight excluding hydrogens is 528 g/mol. The molecule has 1 amide bonds. The number of fused-ring (bicyclic) bond motifs is 1. The lowest BCUT2D eigenvalue weighted by atomic mass is 9.73. The molecule has 1 fully saturated rings. The standard InChI is InChI=1S/C31H42N2O6S/c1-6-7-8-9-20-13-23(35)27(22-12-18(4)10-11-21(22)17(2)3)24(14-20)39-16-32-15-25-28(31(37)38)33-29(36)26(19(5)34)30(33)40-25/h12-14,19,21-22,26,30,32,34-35H,2,6-11,15-16H2,1,3-5H3,(H,37,38)/t19-,21+,22-,26+,30?/m1/s1. The van der Waals surface area contributed by atoms with Crippen LogP contribution in [-0.4, -0.2) is 56.8 Å². The van der Waals surface area contributed by atoms with Crippen LogP contribution in [-0.2, 0) is 16.0 Å². The van der Waals surface area contributed by atoms with E-state index in [1.807, 2.05) is 19.1 Å². The number of allylic oxidation sites excluding steroid dienone is 3. The number of ether oxygens (including phenoxy) is 1. The number of rotatable bonds is 13. The molecule has 3 aliphatic rings. The smallest absolute Gasteiger partial charge is 0.353 e. The molecule has 0 saturated carbocycles. The molecule has 1 aromatic rings. The number of nitrogens with one attached hydrogen (secondary N) is 1. The van der Waals surface area contributed by atoms with Crippen LogP contribution in [0.15, 0.2) is 46.5 Å². The van der Waals surface area contributed by atoms with Crippen LogP contribution in [0.3, 0.4) is 0 Å². The van der Waals surface area contributed by atoms with E-state index in [1.165, 1.54) is 22.2 Å². The van der Waals surface area contributed by atoms with E-state index < -0.39 is 23.4 Å². The number of carboxylic acid groups (broad SMARTS) is 1. The Morgan fingerprint density at radius 2 is 2.08 bits per heavy atom. The topological polar surface area (TPSA) is 119 Å². The molecule has 0 spiro atoms. The first kappa shape index (κ1) is 30.2. The Bertz CT molecular complexity index is 1220. The number of carbonyl (C=O) groups excluding carboxylic acids is 1. The summed E-state index contributed by atoms with van der Waals surface area (Å²) in [4.78, 5) is 26.2. The Kier molecular flexibility index (Phi) is 9.69. The van der Waals surface area contributed by atoms with Gasteiger partial charge in [-0.15, -0.1) is 11.8 Å². The van der Waals surface area contributed by atoms with Crippen molar-refractivity contribution in [2.45, 2.75) is 83.6 Å². The Balaban J connectivity index is 1.53. The maximum Gasteiger partial charge on any atom is 0.353 e. The fourth-order valence-corrected chi connectivity index (χ4v) is 7.60. The average Bonchev–Trinajstić information content (AvgIpc) is 3.20. The van der Waals surface area contributed by atoms with Crippen LogP contribution in [0.2, 0.25) is 0 Å². The predicted octanol–water partition coefficient (Wildman–Crippen LogP) is 5.28. The van der Waals surface area contributed by atoms with Crippen LogP contribution in [0, 0.1) is 11.8 Å². The van der Waals surface area contributed by atoms with Gasteiger partial charge in [-0.3, -0.25) is 15.0 Å². The number of carboxylic acids is 1. The fourth-order valence-electron chi connectivity index (χ4n) is 6.02. The molecule has 1 unspecified atom stereocenters. The van der Waals surface area contributed by atoms with Gasteiger partial charge in [-0.05, 0) is 70.1 Å². The normalized spacial score (nSPS) is 24.9. The Morgan fingerprint density at radius 3 is 2.73 bits per heavy atom. The van der Waals surface area contributed by atoms with Gasteiger partial charge < -0.3 is 20.1 Å². The Labute approximate surface area is 241 Å². The monoisotopic (exact) mass is 570 g/mol. The van der Waals surface area contributed by atoms with Crippen molar-refractivity contribution >= 4 is 23.6 Å². The molecule has 0 aromatic heterocycles. The van der Waals surface area contributed by atoms with Crippen LogP contribution in [0.25, 0.3) is 0 Å². The quantitative estimate of drug-likeness (QED) is 0.110. The fraction of sp³-hybridized carbons (Fsp3) is 0.548. The summed E-state index contributed by atoms with van der Waals surface area (Å²) >= 11 is 1.30. The third-order valence-electron chi connectivity index (χ3n) is 8.15. The second-order valence-electron chi connectivity index (χ2n) is 11.3. The number of phenols is 1. The van der Waals surface area contributed by atoms with Gasteiger partial charge in [0.25, 0.3) is 0 Å². The summed E-state index contributed by atoms with van der Waals surface area (Å²) in [5.41, 5.74) is 4.09. The highest BCUT2D eigenvalue weighted by atomic mass is 32.2. The lowest BCUT2D eigenvalue weighted by molar-refractivity contribution is -0.156.